The molecular formula is C33H39N7O4. The largest absolute Gasteiger partial charge is 0.424 e. The van der Waals surface area contributed by atoms with Gasteiger partial charge in [0.15, 0.2) is 0 Å². The van der Waals surface area contributed by atoms with Crippen LogP contribution in [0.4, 0.5) is 0 Å². The highest BCUT2D eigenvalue weighted by molar-refractivity contribution is 5.95. The molecule has 11 heteroatoms. The van der Waals surface area contributed by atoms with Crippen LogP contribution >= 0.6 is 0 Å². The number of rotatable bonds is 10. The van der Waals surface area contributed by atoms with Gasteiger partial charge in [-0.1, -0.05) is 12.1 Å². The highest BCUT2D eigenvalue weighted by Gasteiger charge is 2.47. The lowest BCUT2D eigenvalue weighted by atomic mass is 9.68. The molecule has 3 aromatic rings. The Morgan fingerprint density at radius 1 is 1.00 bits per heavy atom. The number of amides is 3. The van der Waals surface area contributed by atoms with Crippen molar-refractivity contribution in [1.82, 2.24) is 31.0 Å². The maximum absolute atomic E-state index is 13.3. The van der Waals surface area contributed by atoms with E-state index in [1.165, 1.54) is 0 Å². The Kier molecular flexibility index (Phi) is 8.83. The van der Waals surface area contributed by atoms with Crippen LogP contribution in [-0.4, -0.2) is 71.6 Å². The molecule has 3 amide bonds. The maximum Gasteiger partial charge on any atom is 0.251 e. The molecule has 3 N–H and O–H groups in total. The highest BCUT2D eigenvalue weighted by atomic mass is 16.4. The van der Waals surface area contributed by atoms with Gasteiger partial charge in [0.2, 0.25) is 17.7 Å². The average Bonchev–Trinajstić information content (AvgIpc) is 3.79. The molecule has 0 spiro atoms. The van der Waals surface area contributed by atoms with Crippen molar-refractivity contribution in [2.75, 3.05) is 20.6 Å². The third-order valence-corrected chi connectivity index (χ3v) is 8.71. The lowest BCUT2D eigenvalue weighted by Crippen LogP contribution is -2.47. The lowest BCUT2D eigenvalue weighted by Gasteiger charge is -2.36. The molecule has 2 aliphatic carbocycles. The minimum absolute atomic E-state index is 0.0769. The predicted molar refractivity (Wildman–Crippen MR) is 163 cm³/mol. The second-order valence-electron chi connectivity index (χ2n) is 11.8. The van der Waals surface area contributed by atoms with Gasteiger partial charge in [0.1, 0.15) is 11.5 Å². The van der Waals surface area contributed by atoms with Gasteiger partial charge in [0.25, 0.3) is 11.8 Å². The molecular weight excluding hydrogens is 558 g/mol. The molecule has 2 atom stereocenters. The summed E-state index contributed by atoms with van der Waals surface area (Å²) in [5, 5.41) is 27.1. The quantitative estimate of drug-likeness (QED) is 0.323. The zero-order valence-corrected chi connectivity index (χ0v) is 25.9. The van der Waals surface area contributed by atoms with Gasteiger partial charge >= 0.3 is 0 Å². The van der Waals surface area contributed by atoms with E-state index in [0.717, 1.165) is 35.1 Å². The van der Waals surface area contributed by atoms with E-state index >= 15 is 0 Å². The van der Waals surface area contributed by atoms with Crippen molar-refractivity contribution < 1.29 is 18.8 Å². The first kappa shape index (κ1) is 30.9. The number of carbonyl (C=O) groups is 3. The minimum Gasteiger partial charge on any atom is -0.424 e. The summed E-state index contributed by atoms with van der Waals surface area (Å²) >= 11 is 0. The molecule has 0 aliphatic heterocycles. The number of nitriles is 1. The Bertz CT molecular complexity index is 1550. The number of hydrogen-bond donors (Lipinski definition) is 3. The van der Waals surface area contributed by atoms with E-state index in [4.69, 9.17) is 4.42 Å². The molecule has 0 bridgehead atoms. The monoisotopic (exact) mass is 597 g/mol. The molecule has 1 unspecified atom stereocenters. The van der Waals surface area contributed by atoms with E-state index in [1.807, 2.05) is 31.2 Å². The summed E-state index contributed by atoms with van der Waals surface area (Å²) in [5.74, 6) is 0.338. The molecule has 230 valence electrons. The second-order valence-corrected chi connectivity index (χ2v) is 11.8. The number of aryl methyl sites for hydroxylation is 3. The molecule has 0 saturated heterocycles. The van der Waals surface area contributed by atoms with Crippen LogP contribution in [0.2, 0.25) is 0 Å². The summed E-state index contributed by atoms with van der Waals surface area (Å²) in [6.07, 6.45) is 3.52. The zero-order valence-electron chi connectivity index (χ0n) is 25.9. The van der Waals surface area contributed by atoms with Crippen LogP contribution in [0.25, 0.3) is 0 Å². The minimum atomic E-state index is -0.948. The van der Waals surface area contributed by atoms with Crippen molar-refractivity contribution in [3.63, 3.8) is 0 Å². The van der Waals surface area contributed by atoms with Crippen LogP contribution in [0, 0.1) is 18.3 Å². The fraction of sp³-hybridized carbons (Fsp3) is 0.455. The SMILES string of the molecule is CNC(=O)c1ccc2c(c1)CCc1cc(C(=O)NC)ccc1C2(C[C@H](C)NCC(=O)N(C(C)C#N)C1CC1)c1nnc(C)o1. The predicted octanol–water partition coefficient (Wildman–Crippen LogP) is 2.80. The van der Waals surface area contributed by atoms with E-state index in [2.05, 4.69) is 32.2 Å². The third-order valence-electron chi connectivity index (χ3n) is 8.71. The first-order valence-corrected chi connectivity index (χ1v) is 15.1. The number of aromatic nitrogens is 2. The fourth-order valence-corrected chi connectivity index (χ4v) is 6.46. The summed E-state index contributed by atoms with van der Waals surface area (Å²) < 4.78 is 6.22. The number of carbonyl (C=O) groups excluding carboxylic acids is 3. The van der Waals surface area contributed by atoms with Crippen molar-refractivity contribution in [3.05, 3.63) is 81.6 Å². The normalized spacial score (nSPS) is 16.4. The van der Waals surface area contributed by atoms with Gasteiger partial charge < -0.3 is 25.3 Å². The van der Waals surface area contributed by atoms with E-state index in [1.54, 1.807) is 45.0 Å². The fourth-order valence-electron chi connectivity index (χ4n) is 6.46. The molecule has 1 heterocycles. The first-order chi connectivity index (χ1) is 21.1. The molecule has 2 aromatic carbocycles. The van der Waals surface area contributed by atoms with Crippen LogP contribution < -0.4 is 16.0 Å². The van der Waals surface area contributed by atoms with Crippen LogP contribution in [-0.2, 0) is 23.1 Å². The van der Waals surface area contributed by atoms with Gasteiger partial charge in [-0.2, -0.15) is 5.26 Å². The number of nitrogens with zero attached hydrogens (tertiary/aromatic N) is 4. The van der Waals surface area contributed by atoms with Crippen molar-refractivity contribution in [1.29, 1.82) is 5.26 Å². The van der Waals surface area contributed by atoms with Crippen molar-refractivity contribution in [2.24, 2.45) is 0 Å². The van der Waals surface area contributed by atoms with E-state index in [0.29, 0.717) is 42.2 Å². The summed E-state index contributed by atoms with van der Waals surface area (Å²) in [5.41, 5.74) is 3.92. The summed E-state index contributed by atoms with van der Waals surface area (Å²) in [6.45, 7) is 5.59. The standard InChI is InChI=1S/C33H39N7O4/c1-19(37-18-29(41)40(20(2)17-34)26-10-11-26)16-33(32-39-38-21(3)44-32)27-12-8-24(30(42)35-4)14-22(27)6-7-23-15-25(31(43)36-5)9-13-28(23)33/h8-9,12-15,19-20,26,37H,6-7,10-11,16,18H2,1-5H3,(H,35,42)(H,36,43)/t19-,20?/m0/s1. The number of benzene rings is 2. The Hall–Kier alpha value is -4.56. The first-order valence-electron chi connectivity index (χ1n) is 15.1. The molecule has 5 rings (SSSR count). The van der Waals surface area contributed by atoms with Gasteiger partial charge in [0, 0.05) is 44.2 Å². The smallest absolute Gasteiger partial charge is 0.251 e. The highest BCUT2D eigenvalue weighted by Crippen LogP contribution is 2.48. The van der Waals surface area contributed by atoms with Gasteiger partial charge in [-0.25, -0.2) is 0 Å². The van der Waals surface area contributed by atoms with E-state index < -0.39 is 11.5 Å². The van der Waals surface area contributed by atoms with Gasteiger partial charge in [-0.3, -0.25) is 14.4 Å². The van der Waals surface area contributed by atoms with E-state index in [9.17, 15) is 19.6 Å². The van der Waals surface area contributed by atoms with Gasteiger partial charge in [-0.05, 0) is 92.5 Å². The third kappa shape index (κ3) is 5.82. The van der Waals surface area contributed by atoms with Crippen molar-refractivity contribution >= 4 is 17.7 Å². The second kappa shape index (κ2) is 12.6. The van der Waals surface area contributed by atoms with Gasteiger partial charge in [-0.15, -0.1) is 10.2 Å². The number of hydrogen-bond acceptors (Lipinski definition) is 8. The molecule has 1 saturated carbocycles. The molecule has 11 nitrogen and oxygen atoms in total. The molecule has 1 fully saturated rings. The lowest BCUT2D eigenvalue weighted by molar-refractivity contribution is -0.132. The maximum atomic E-state index is 13.3. The summed E-state index contributed by atoms with van der Waals surface area (Å²) in [7, 11) is 3.21. The number of nitrogens with one attached hydrogen (secondary N) is 3. The van der Waals surface area contributed by atoms with Crippen LogP contribution in [0.5, 0.6) is 0 Å². The molecule has 0 radical (unpaired) electrons. The van der Waals surface area contributed by atoms with Crippen LogP contribution in [0.3, 0.4) is 0 Å². The zero-order chi connectivity index (χ0) is 31.6. The average molecular weight is 598 g/mol. The topological polar surface area (TPSA) is 153 Å². The Morgan fingerprint density at radius 3 is 2.02 bits per heavy atom. The van der Waals surface area contributed by atoms with Crippen molar-refractivity contribution in [3.8, 4) is 6.07 Å². The van der Waals surface area contributed by atoms with Gasteiger partial charge in [0.05, 0.1) is 12.6 Å². The molecule has 44 heavy (non-hydrogen) atoms. The van der Waals surface area contributed by atoms with Crippen LogP contribution in [0.15, 0.2) is 40.8 Å². The Labute approximate surface area is 257 Å². The Balaban J connectivity index is 1.61. The molecule has 2 aliphatic rings. The summed E-state index contributed by atoms with van der Waals surface area (Å²) in [6, 6.07) is 13.0. The number of fused-ring (bicyclic) bond motifs is 2. The van der Waals surface area contributed by atoms with Crippen molar-refractivity contribution in [2.45, 2.75) is 76.4 Å². The molecule has 1 aromatic heterocycles. The summed E-state index contributed by atoms with van der Waals surface area (Å²) in [4.78, 5) is 40.2. The Morgan fingerprint density at radius 2 is 1.57 bits per heavy atom. The van der Waals surface area contributed by atoms with Crippen LogP contribution in [0.1, 0.15) is 87.9 Å². The van der Waals surface area contributed by atoms with E-state index in [-0.39, 0.29) is 36.3 Å².